The third kappa shape index (κ3) is 3.90. The highest BCUT2D eigenvalue weighted by Gasteiger charge is 2.21. The zero-order valence-electron chi connectivity index (χ0n) is 14.8. The minimum Gasteiger partial charge on any atom is -0.376 e. The highest BCUT2D eigenvalue weighted by molar-refractivity contribution is 5.99. The molecule has 6 heteroatoms. The van der Waals surface area contributed by atoms with Crippen molar-refractivity contribution in [1.29, 1.82) is 0 Å². The monoisotopic (exact) mass is 365 g/mol. The van der Waals surface area contributed by atoms with E-state index in [1.54, 1.807) is 23.0 Å². The van der Waals surface area contributed by atoms with Gasteiger partial charge in [0.2, 0.25) is 0 Å². The molecular formula is C21H20FN3O2. The molecule has 1 saturated heterocycles. The largest absolute Gasteiger partial charge is 0.376 e. The van der Waals surface area contributed by atoms with Crippen molar-refractivity contribution >= 4 is 5.91 Å². The van der Waals surface area contributed by atoms with Crippen molar-refractivity contribution in [3.05, 3.63) is 72.2 Å². The first-order chi connectivity index (χ1) is 13.2. The summed E-state index contributed by atoms with van der Waals surface area (Å²) in [5.41, 5.74) is 2.50. The number of halogens is 1. The molecule has 0 spiro atoms. The summed E-state index contributed by atoms with van der Waals surface area (Å²) >= 11 is 0. The Labute approximate surface area is 156 Å². The predicted molar refractivity (Wildman–Crippen MR) is 100 cm³/mol. The molecule has 1 amide bonds. The first-order valence-corrected chi connectivity index (χ1v) is 9.01. The third-order valence-corrected chi connectivity index (χ3v) is 4.61. The van der Waals surface area contributed by atoms with Crippen LogP contribution in [0.25, 0.3) is 16.9 Å². The van der Waals surface area contributed by atoms with Crippen LogP contribution >= 0.6 is 0 Å². The lowest BCUT2D eigenvalue weighted by atomic mass is 10.1. The molecule has 3 aromatic rings. The Kier molecular flexibility index (Phi) is 4.98. The van der Waals surface area contributed by atoms with Crippen LogP contribution in [0.5, 0.6) is 0 Å². The number of nitrogens with one attached hydrogen (secondary N) is 1. The standard InChI is InChI=1S/C21H20FN3O2/c22-16-10-8-15(9-11-16)20-19(21(26)23-13-18-7-4-12-27-18)14-25(24-20)17-5-2-1-3-6-17/h1-3,5-6,8-11,14,18H,4,7,12-13H2,(H,23,26)/t18-/m1/s1. The number of hydrogen-bond donors (Lipinski definition) is 1. The molecule has 4 rings (SSSR count). The normalized spacial score (nSPS) is 16.4. The summed E-state index contributed by atoms with van der Waals surface area (Å²) < 4.78 is 20.5. The van der Waals surface area contributed by atoms with Gasteiger partial charge in [-0.2, -0.15) is 5.10 Å². The molecule has 1 aliphatic heterocycles. The topological polar surface area (TPSA) is 56.1 Å². The molecule has 0 aliphatic carbocycles. The smallest absolute Gasteiger partial charge is 0.255 e. The molecule has 1 atom stereocenters. The second kappa shape index (κ2) is 7.72. The second-order valence-corrected chi connectivity index (χ2v) is 6.52. The van der Waals surface area contributed by atoms with Crippen molar-refractivity contribution in [2.24, 2.45) is 0 Å². The molecule has 27 heavy (non-hydrogen) atoms. The molecule has 1 fully saturated rings. The fraction of sp³-hybridized carbons (Fsp3) is 0.238. The van der Waals surface area contributed by atoms with E-state index >= 15 is 0 Å². The van der Waals surface area contributed by atoms with Gasteiger partial charge in [-0.3, -0.25) is 4.79 Å². The second-order valence-electron chi connectivity index (χ2n) is 6.52. The van der Waals surface area contributed by atoms with Crippen molar-refractivity contribution < 1.29 is 13.9 Å². The lowest BCUT2D eigenvalue weighted by Gasteiger charge is -2.10. The van der Waals surface area contributed by atoms with Gasteiger partial charge in [0.25, 0.3) is 5.91 Å². The number of carbonyl (C=O) groups excluding carboxylic acids is 1. The van der Waals surface area contributed by atoms with Crippen molar-refractivity contribution in [1.82, 2.24) is 15.1 Å². The number of hydrogen-bond acceptors (Lipinski definition) is 3. The van der Waals surface area contributed by atoms with Gasteiger partial charge in [0.1, 0.15) is 11.5 Å². The van der Waals surface area contributed by atoms with E-state index < -0.39 is 0 Å². The summed E-state index contributed by atoms with van der Waals surface area (Å²) in [6, 6.07) is 15.6. The van der Waals surface area contributed by atoms with E-state index in [0.29, 0.717) is 23.4 Å². The molecule has 5 nitrogen and oxygen atoms in total. The fourth-order valence-corrected chi connectivity index (χ4v) is 3.18. The summed E-state index contributed by atoms with van der Waals surface area (Å²) in [6.45, 7) is 1.21. The highest BCUT2D eigenvalue weighted by Crippen LogP contribution is 2.24. The summed E-state index contributed by atoms with van der Waals surface area (Å²) in [7, 11) is 0. The van der Waals surface area contributed by atoms with Crippen molar-refractivity contribution in [2.45, 2.75) is 18.9 Å². The molecule has 1 aliphatic rings. The zero-order valence-corrected chi connectivity index (χ0v) is 14.8. The number of benzene rings is 2. The van der Waals surface area contributed by atoms with Gasteiger partial charge in [-0.25, -0.2) is 9.07 Å². The molecule has 0 unspecified atom stereocenters. The van der Waals surface area contributed by atoms with Gasteiger partial charge in [-0.05, 0) is 49.2 Å². The minimum absolute atomic E-state index is 0.0624. The van der Waals surface area contributed by atoms with E-state index in [2.05, 4.69) is 10.4 Å². The van der Waals surface area contributed by atoms with E-state index in [1.165, 1.54) is 12.1 Å². The molecule has 138 valence electrons. The van der Waals surface area contributed by atoms with Crippen LogP contribution in [-0.2, 0) is 4.74 Å². The molecule has 0 radical (unpaired) electrons. The van der Waals surface area contributed by atoms with Crippen molar-refractivity contribution in [3.8, 4) is 16.9 Å². The lowest BCUT2D eigenvalue weighted by molar-refractivity contribution is 0.0858. The van der Waals surface area contributed by atoms with E-state index in [0.717, 1.165) is 25.1 Å². The van der Waals surface area contributed by atoms with E-state index in [9.17, 15) is 9.18 Å². The van der Waals surface area contributed by atoms with E-state index in [-0.39, 0.29) is 17.8 Å². The SMILES string of the molecule is O=C(NC[C@H]1CCCO1)c1cn(-c2ccccc2)nc1-c1ccc(F)cc1. The Morgan fingerprint density at radius 3 is 2.67 bits per heavy atom. The highest BCUT2D eigenvalue weighted by atomic mass is 19.1. The Morgan fingerprint density at radius 1 is 1.19 bits per heavy atom. The van der Waals surface area contributed by atoms with Gasteiger partial charge >= 0.3 is 0 Å². The lowest BCUT2D eigenvalue weighted by Crippen LogP contribution is -2.31. The quantitative estimate of drug-likeness (QED) is 0.752. The first kappa shape index (κ1) is 17.4. The Balaban J connectivity index is 1.66. The molecule has 1 aromatic heterocycles. The minimum atomic E-state index is -0.328. The van der Waals surface area contributed by atoms with Crippen LogP contribution in [0.3, 0.4) is 0 Å². The Bertz CT molecular complexity index is 916. The van der Waals surface area contributed by atoms with Gasteiger partial charge in [0.05, 0.1) is 17.4 Å². The van der Waals surface area contributed by atoms with Gasteiger partial charge < -0.3 is 10.1 Å². The predicted octanol–water partition coefficient (Wildman–Crippen LogP) is 3.59. The average molecular weight is 365 g/mol. The van der Waals surface area contributed by atoms with Crippen LogP contribution in [-0.4, -0.2) is 34.9 Å². The Morgan fingerprint density at radius 2 is 1.96 bits per heavy atom. The van der Waals surface area contributed by atoms with Gasteiger partial charge in [0, 0.05) is 24.9 Å². The van der Waals surface area contributed by atoms with Gasteiger partial charge in [-0.15, -0.1) is 0 Å². The van der Waals surface area contributed by atoms with Crippen molar-refractivity contribution in [3.63, 3.8) is 0 Å². The van der Waals surface area contributed by atoms with Crippen LogP contribution in [0, 0.1) is 5.82 Å². The van der Waals surface area contributed by atoms with Crippen molar-refractivity contribution in [2.75, 3.05) is 13.2 Å². The number of aromatic nitrogens is 2. The first-order valence-electron chi connectivity index (χ1n) is 9.01. The summed E-state index contributed by atoms with van der Waals surface area (Å²) in [4.78, 5) is 12.8. The summed E-state index contributed by atoms with van der Waals surface area (Å²) in [5.74, 6) is -0.544. The maximum absolute atomic E-state index is 13.3. The number of carbonyl (C=O) groups is 1. The average Bonchev–Trinajstić information content (AvgIpc) is 3.37. The maximum atomic E-state index is 13.3. The fourth-order valence-electron chi connectivity index (χ4n) is 3.18. The molecule has 1 N–H and O–H groups in total. The van der Waals surface area contributed by atoms with Crippen LogP contribution in [0.4, 0.5) is 4.39 Å². The van der Waals surface area contributed by atoms with Crippen LogP contribution < -0.4 is 5.32 Å². The van der Waals surface area contributed by atoms with Crippen LogP contribution in [0.1, 0.15) is 23.2 Å². The molecule has 0 bridgehead atoms. The zero-order chi connectivity index (χ0) is 18.6. The molecule has 2 heterocycles. The number of para-hydroxylation sites is 1. The van der Waals surface area contributed by atoms with Crippen LogP contribution in [0.2, 0.25) is 0 Å². The maximum Gasteiger partial charge on any atom is 0.255 e. The Hall–Kier alpha value is -2.99. The summed E-state index contributed by atoms with van der Waals surface area (Å²) in [5, 5.41) is 7.52. The van der Waals surface area contributed by atoms with Crippen LogP contribution in [0.15, 0.2) is 60.8 Å². The van der Waals surface area contributed by atoms with Gasteiger partial charge in [-0.1, -0.05) is 18.2 Å². The number of nitrogens with zero attached hydrogens (tertiary/aromatic N) is 2. The van der Waals surface area contributed by atoms with E-state index in [1.807, 2.05) is 30.3 Å². The number of ether oxygens (including phenoxy) is 1. The summed E-state index contributed by atoms with van der Waals surface area (Å²) in [6.07, 6.45) is 3.74. The third-order valence-electron chi connectivity index (χ3n) is 4.61. The van der Waals surface area contributed by atoms with E-state index in [4.69, 9.17) is 4.74 Å². The molecule has 0 saturated carbocycles. The molecule has 2 aromatic carbocycles. The molecular weight excluding hydrogens is 345 g/mol. The number of rotatable bonds is 5. The van der Waals surface area contributed by atoms with Gasteiger partial charge in [0.15, 0.2) is 0 Å². The number of amides is 1.